The number of likely N-dealkylation sites (N-methyl/N-ethyl adjacent to an activating group) is 1. The highest BCUT2D eigenvalue weighted by Crippen LogP contribution is 2.24. The van der Waals surface area contributed by atoms with Gasteiger partial charge in [0.05, 0.1) is 10.6 Å². The number of rotatable bonds is 8. The van der Waals surface area contributed by atoms with Crippen LogP contribution in [-0.2, 0) is 21.4 Å². The standard InChI is InChI=1S/C24H25FN2O4S/c1-18-7-13-23(14-8-18)32(29,30)27(3)21-9-11-22(12-10-21)31-17-24(28)26(2)16-19-5-4-6-20(25)15-19/h4-15H,16-17H2,1-3H3. The Morgan fingerprint density at radius 3 is 2.25 bits per heavy atom. The van der Waals surface area contributed by atoms with Crippen LogP contribution in [0, 0.1) is 12.7 Å². The van der Waals surface area contributed by atoms with Gasteiger partial charge in [0, 0.05) is 20.6 Å². The molecule has 0 aliphatic carbocycles. The SMILES string of the molecule is Cc1ccc(S(=O)(=O)N(C)c2ccc(OCC(=O)N(C)Cc3cccc(F)c3)cc2)cc1. The molecule has 0 saturated heterocycles. The molecule has 0 aromatic heterocycles. The molecule has 1 amide bonds. The van der Waals surface area contributed by atoms with Crippen molar-refractivity contribution in [1.82, 2.24) is 4.90 Å². The van der Waals surface area contributed by atoms with Crippen molar-refractivity contribution in [2.24, 2.45) is 0 Å². The monoisotopic (exact) mass is 456 g/mol. The van der Waals surface area contributed by atoms with E-state index in [0.29, 0.717) is 17.0 Å². The van der Waals surface area contributed by atoms with Crippen molar-refractivity contribution in [2.45, 2.75) is 18.4 Å². The summed E-state index contributed by atoms with van der Waals surface area (Å²) in [4.78, 5) is 14.0. The summed E-state index contributed by atoms with van der Waals surface area (Å²) in [5.41, 5.74) is 2.12. The maximum absolute atomic E-state index is 13.3. The Balaban J connectivity index is 1.59. The Kier molecular flexibility index (Phi) is 7.15. The van der Waals surface area contributed by atoms with Crippen LogP contribution in [0.25, 0.3) is 0 Å². The molecule has 8 heteroatoms. The Hall–Kier alpha value is -3.39. The van der Waals surface area contributed by atoms with E-state index in [1.807, 2.05) is 6.92 Å². The second-order valence-corrected chi connectivity index (χ2v) is 9.42. The zero-order valence-corrected chi connectivity index (χ0v) is 19.0. The van der Waals surface area contributed by atoms with Crippen LogP contribution < -0.4 is 9.04 Å². The molecule has 0 heterocycles. The highest BCUT2D eigenvalue weighted by atomic mass is 32.2. The number of halogens is 1. The number of amides is 1. The number of hydrogen-bond acceptors (Lipinski definition) is 4. The van der Waals surface area contributed by atoms with Gasteiger partial charge in [0.15, 0.2) is 6.61 Å². The van der Waals surface area contributed by atoms with Gasteiger partial charge in [-0.3, -0.25) is 9.10 Å². The van der Waals surface area contributed by atoms with E-state index in [1.165, 1.54) is 28.4 Å². The molecule has 0 bridgehead atoms. The van der Waals surface area contributed by atoms with E-state index in [0.717, 1.165) is 5.56 Å². The lowest BCUT2D eigenvalue weighted by Gasteiger charge is -2.20. The summed E-state index contributed by atoms with van der Waals surface area (Å²) in [6.07, 6.45) is 0. The first kappa shape index (κ1) is 23.3. The van der Waals surface area contributed by atoms with Crippen molar-refractivity contribution in [2.75, 3.05) is 25.0 Å². The summed E-state index contributed by atoms with van der Waals surface area (Å²) in [6.45, 7) is 1.96. The first-order valence-electron chi connectivity index (χ1n) is 9.94. The molecule has 3 aromatic rings. The number of carbonyl (C=O) groups is 1. The van der Waals surface area contributed by atoms with Gasteiger partial charge in [0.1, 0.15) is 11.6 Å². The first-order chi connectivity index (χ1) is 15.2. The van der Waals surface area contributed by atoms with Crippen LogP contribution in [0.2, 0.25) is 0 Å². The van der Waals surface area contributed by atoms with E-state index >= 15 is 0 Å². The van der Waals surface area contributed by atoms with Gasteiger partial charge in [-0.05, 0) is 61.0 Å². The fraction of sp³-hybridized carbons (Fsp3) is 0.208. The highest BCUT2D eigenvalue weighted by molar-refractivity contribution is 7.92. The lowest BCUT2D eigenvalue weighted by molar-refractivity contribution is -0.132. The van der Waals surface area contributed by atoms with E-state index in [-0.39, 0.29) is 29.8 Å². The number of nitrogens with zero attached hydrogens (tertiary/aromatic N) is 2. The zero-order valence-electron chi connectivity index (χ0n) is 18.2. The summed E-state index contributed by atoms with van der Waals surface area (Å²) in [6, 6.07) is 19.2. The van der Waals surface area contributed by atoms with Crippen molar-refractivity contribution < 1.29 is 22.3 Å². The lowest BCUT2D eigenvalue weighted by atomic mass is 10.2. The smallest absolute Gasteiger partial charge is 0.264 e. The Morgan fingerprint density at radius 2 is 1.62 bits per heavy atom. The minimum Gasteiger partial charge on any atom is -0.484 e. The van der Waals surface area contributed by atoms with E-state index in [9.17, 15) is 17.6 Å². The molecule has 0 unspecified atom stereocenters. The maximum atomic E-state index is 13.3. The topological polar surface area (TPSA) is 66.9 Å². The molecule has 0 spiro atoms. The van der Waals surface area contributed by atoms with Crippen molar-refractivity contribution in [3.63, 3.8) is 0 Å². The number of aryl methyl sites for hydroxylation is 1. The fourth-order valence-corrected chi connectivity index (χ4v) is 4.21. The molecule has 3 rings (SSSR count). The number of hydrogen-bond donors (Lipinski definition) is 0. The van der Waals surface area contributed by atoms with Crippen LogP contribution in [0.1, 0.15) is 11.1 Å². The fourth-order valence-electron chi connectivity index (χ4n) is 3.01. The van der Waals surface area contributed by atoms with Gasteiger partial charge in [-0.1, -0.05) is 29.8 Å². The molecule has 6 nitrogen and oxygen atoms in total. The normalized spacial score (nSPS) is 11.1. The Bertz CT molecular complexity index is 1180. The van der Waals surface area contributed by atoms with Crippen molar-refractivity contribution >= 4 is 21.6 Å². The second kappa shape index (κ2) is 9.82. The number of carbonyl (C=O) groups excluding carboxylic acids is 1. The summed E-state index contributed by atoms with van der Waals surface area (Å²) >= 11 is 0. The van der Waals surface area contributed by atoms with Crippen LogP contribution >= 0.6 is 0 Å². The predicted octanol–water partition coefficient (Wildman–Crippen LogP) is 4.00. The van der Waals surface area contributed by atoms with Crippen molar-refractivity contribution in [3.8, 4) is 5.75 Å². The van der Waals surface area contributed by atoms with E-state index in [4.69, 9.17) is 4.74 Å². The van der Waals surface area contributed by atoms with Crippen LogP contribution in [0.3, 0.4) is 0 Å². The molecule has 32 heavy (non-hydrogen) atoms. The molecular formula is C24H25FN2O4S. The van der Waals surface area contributed by atoms with E-state index in [1.54, 1.807) is 67.7 Å². The molecule has 0 N–H and O–H groups in total. The third-order valence-electron chi connectivity index (χ3n) is 4.98. The minimum atomic E-state index is -3.69. The number of sulfonamides is 1. The van der Waals surface area contributed by atoms with Gasteiger partial charge < -0.3 is 9.64 Å². The summed E-state index contributed by atoms with van der Waals surface area (Å²) < 4.78 is 45.6. The molecular weight excluding hydrogens is 431 g/mol. The van der Waals surface area contributed by atoms with Gasteiger partial charge in [0.2, 0.25) is 0 Å². The van der Waals surface area contributed by atoms with Crippen molar-refractivity contribution in [1.29, 1.82) is 0 Å². The second-order valence-electron chi connectivity index (χ2n) is 7.45. The summed E-state index contributed by atoms with van der Waals surface area (Å²) in [5, 5.41) is 0. The Labute approximate surface area is 187 Å². The summed E-state index contributed by atoms with van der Waals surface area (Å²) in [5.74, 6) is -0.186. The van der Waals surface area contributed by atoms with Gasteiger partial charge in [-0.25, -0.2) is 12.8 Å². The number of benzene rings is 3. The zero-order chi connectivity index (χ0) is 23.3. The van der Waals surface area contributed by atoms with Gasteiger partial charge in [0.25, 0.3) is 15.9 Å². The summed E-state index contributed by atoms with van der Waals surface area (Å²) in [7, 11) is -0.589. The third kappa shape index (κ3) is 5.64. The Morgan fingerprint density at radius 1 is 0.969 bits per heavy atom. The molecule has 0 aliphatic rings. The van der Waals surface area contributed by atoms with E-state index in [2.05, 4.69) is 0 Å². The van der Waals surface area contributed by atoms with E-state index < -0.39 is 10.0 Å². The van der Waals surface area contributed by atoms with Gasteiger partial charge in [-0.15, -0.1) is 0 Å². The van der Waals surface area contributed by atoms with Crippen LogP contribution in [0.15, 0.2) is 77.7 Å². The average molecular weight is 457 g/mol. The number of ether oxygens (including phenoxy) is 1. The molecule has 0 aliphatic heterocycles. The third-order valence-corrected chi connectivity index (χ3v) is 6.78. The van der Waals surface area contributed by atoms with Crippen LogP contribution in [0.4, 0.5) is 10.1 Å². The average Bonchev–Trinajstić information content (AvgIpc) is 2.77. The van der Waals surface area contributed by atoms with Gasteiger partial charge in [-0.2, -0.15) is 0 Å². The largest absolute Gasteiger partial charge is 0.484 e. The van der Waals surface area contributed by atoms with Gasteiger partial charge >= 0.3 is 0 Å². The first-order valence-corrected chi connectivity index (χ1v) is 11.4. The molecule has 168 valence electrons. The molecule has 0 fully saturated rings. The predicted molar refractivity (Wildman–Crippen MR) is 122 cm³/mol. The highest BCUT2D eigenvalue weighted by Gasteiger charge is 2.21. The number of anilines is 1. The molecule has 3 aromatic carbocycles. The van der Waals surface area contributed by atoms with Crippen molar-refractivity contribution in [3.05, 3.63) is 89.7 Å². The van der Waals surface area contributed by atoms with Crippen LogP contribution in [-0.4, -0.2) is 39.9 Å². The lowest BCUT2D eigenvalue weighted by Crippen LogP contribution is -2.31. The minimum absolute atomic E-state index is 0.192. The quantitative estimate of drug-likeness (QED) is 0.514. The molecule has 0 atom stereocenters. The molecule has 0 saturated carbocycles. The maximum Gasteiger partial charge on any atom is 0.264 e. The molecule has 0 radical (unpaired) electrons. The van der Waals surface area contributed by atoms with Crippen LogP contribution in [0.5, 0.6) is 5.75 Å².